The Morgan fingerprint density at radius 3 is 2.39 bits per heavy atom. The molecular weight excluding hydrogens is 230 g/mol. The second kappa shape index (κ2) is 6.76. The van der Waals surface area contributed by atoms with Crippen LogP contribution in [-0.4, -0.2) is 23.0 Å². The number of carboxylic acids is 1. The van der Waals surface area contributed by atoms with Crippen molar-refractivity contribution in [3.05, 3.63) is 0 Å². The summed E-state index contributed by atoms with van der Waals surface area (Å²) < 4.78 is 0. The van der Waals surface area contributed by atoms with E-state index in [-0.39, 0.29) is 23.8 Å². The lowest BCUT2D eigenvalue weighted by atomic mass is 9.81. The van der Waals surface area contributed by atoms with E-state index < -0.39 is 5.97 Å². The molecule has 0 aromatic rings. The Bertz CT molecular complexity index is 301. The molecular formula is C14H25NO3. The van der Waals surface area contributed by atoms with Gasteiger partial charge in [-0.15, -0.1) is 0 Å². The SMILES string of the molecule is CC(C)CC(C)NC(=O)C1CCCC(C(=O)O)C1. The molecule has 3 unspecified atom stereocenters. The predicted molar refractivity (Wildman–Crippen MR) is 70.1 cm³/mol. The van der Waals surface area contributed by atoms with Gasteiger partial charge >= 0.3 is 5.97 Å². The largest absolute Gasteiger partial charge is 0.481 e. The van der Waals surface area contributed by atoms with E-state index in [0.29, 0.717) is 18.8 Å². The van der Waals surface area contributed by atoms with Gasteiger partial charge in [0.2, 0.25) is 5.91 Å². The van der Waals surface area contributed by atoms with E-state index in [1.807, 2.05) is 6.92 Å². The molecule has 3 atom stereocenters. The van der Waals surface area contributed by atoms with Crippen molar-refractivity contribution in [3.8, 4) is 0 Å². The quantitative estimate of drug-likeness (QED) is 0.793. The Morgan fingerprint density at radius 2 is 1.83 bits per heavy atom. The third-order valence-electron chi connectivity index (χ3n) is 3.61. The van der Waals surface area contributed by atoms with Crippen molar-refractivity contribution in [2.24, 2.45) is 17.8 Å². The summed E-state index contributed by atoms with van der Waals surface area (Å²) >= 11 is 0. The van der Waals surface area contributed by atoms with Gasteiger partial charge in [0.1, 0.15) is 0 Å². The topological polar surface area (TPSA) is 66.4 Å². The molecule has 4 nitrogen and oxygen atoms in total. The van der Waals surface area contributed by atoms with Crippen molar-refractivity contribution in [2.75, 3.05) is 0 Å². The van der Waals surface area contributed by atoms with E-state index in [1.165, 1.54) is 0 Å². The van der Waals surface area contributed by atoms with E-state index in [0.717, 1.165) is 19.3 Å². The third kappa shape index (κ3) is 4.67. The number of aliphatic carboxylic acids is 1. The van der Waals surface area contributed by atoms with Crippen LogP contribution in [0, 0.1) is 17.8 Å². The number of rotatable bonds is 5. The number of amides is 1. The zero-order valence-electron chi connectivity index (χ0n) is 11.6. The normalized spacial score (nSPS) is 25.8. The van der Waals surface area contributed by atoms with E-state index in [2.05, 4.69) is 19.2 Å². The molecule has 1 saturated carbocycles. The molecule has 0 heterocycles. The molecule has 0 aliphatic heterocycles. The summed E-state index contributed by atoms with van der Waals surface area (Å²) in [5, 5.41) is 12.0. The molecule has 104 valence electrons. The number of carbonyl (C=O) groups excluding carboxylic acids is 1. The smallest absolute Gasteiger partial charge is 0.306 e. The molecule has 1 aliphatic carbocycles. The Hall–Kier alpha value is -1.06. The van der Waals surface area contributed by atoms with Crippen LogP contribution in [0.4, 0.5) is 0 Å². The van der Waals surface area contributed by atoms with Crippen LogP contribution >= 0.6 is 0 Å². The maximum Gasteiger partial charge on any atom is 0.306 e. The van der Waals surface area contributed by atoms with Gasteiger partial charge in [-0.2, -0.15) is 0 Å². The average Bonchev–Trinajstić information content (AvgIpc) is 2.27. The molecule has 1 amide bonds. The van der Waals surface area contributed by atoms with Gasteiger partial charge in [-0.25, -0.2) is 0 Å². The minimum Gasteiger partial charge on any atom is -0.481 e. The van der Waals surface area contributed by atoms with Crippen LogP contribution in [-0.2, 0) is 9.59 Å². The molecule has 4 heteroatoms. The van der Waals surface area contributed by atoms with Crippen LogP contribution in [0.15, 0.2) is 0 Å². The van der Waals surface area contributed by atoms with E-state index in [1.54, 1.807) is 0 Å². The Morgan fingerprint density at radius 1 is 1.22 bits per heavy atom. The van der Waals surface area contributed by atoms with Gasteiger partial charge in [0.05, 0.1) is 5.92 Å². The van der Waals surface area contributed by atoms with Crippen molar-refractivity contribution >= 4 is 11.9 Å². The maximum atomic E-state index is 12.1. The van der Waals surface area contributed by atoms with E-state index in [9.17, 15) is 9.59 Å². The van der Waals surface area contributed by atoms with Gasteiger partial charge in [-0.3, -0.25) is 9.59 Å². The summed E-state index contributed by atoms with van der Waals surface area (Å²) in [6.07, 6.45) is 3.83. The van der Waals surface area contributed by atoms with Gasteiger partial charge in [0.25, 0.3) is 0 Å². The summed E-state index contributed by atoms with van der Waals surface area (Å²) in [4.78, 5) is 23.0. The first kappa shape index (κ1) is 15.0. The van der Waals surface area contributed by atoms with Crippen molar-refractivity contribution in [3.63, 3.8) is 0 Å². The fourth-order valence-corrected chi connectivity index (χ4v) is 2.78. The summed E-state index contributed by atoms with van der Waals surface area (Å²) in [5.41, 5.74) is 0. The molecule has 2 N–H and O–H groups in total. The fraction of sp³-hybridized carbons (Fsp3) is 0.857. The maximum absolute atomic E-state index is 12.1. The standard InChI is InChI=1S/C14H25NO3/c1-9(2)7-10(3)15-13(16)11-5-4-6-12(8-11)14(17)18/h9-12H,4-8H2,1-3H3,(H,15,16)(H,17,18). The summed E-state index contributed by atoms with van der Waals surface area (Å²) in [7, 11) is 0. The van der Waals surface area contributed by atoms with E-state index >= 15 is 0 Å². The first-order valence-corrected chi connectivity index (χ1v) is 6.93. The molecule has 1 aliphatic rings. The lowest BCUT2D eigenvalue weighted by Gasteiger charge is -2.27. The molecule has 0 bridgehead atoms. The highest BCUT2D eigenvalue weighted by molar-refractivity contribution is 5.80. The molecule has 1 fully saturated rings. The highest BCUT2D eigenvalue weighted by Crippen LogP contribution is 2.29. The lowest BCUT2D eigenvalue weighted by molar-refractivity contribution is -0.144. The number of hydrogen-bond donors (Lipinski definition) is 2. The summed E-state index contributed by atoms with van der Waals surface area (Å²) in [5.74, 6) is -0.625. The minimum atomic E-state index is -0.761. The highest BCUT2D eigenvalue weighted by Gasteiger charge is 2.31. The Labute approximate surface area is 109 Å². The number of hydrogen-bond acceptors (Lipinski definition) is 2. The van der Waals surface area contributed by atoms with E-state index in [4.69, 9.17) is 5.11 Å². The van der Waals surface area contributed by atoms with Gasteiger partial charge < -0.3 is 10.4 Å². The highest BCUT2D eigenvalue weighted by atomic mass is 16.4. The van der Waals surface area contributed by atoms with Gasteiger partial charge in [-0.05, 0) is 38.5 Å². The van der Waals surface area contributed by atoms with Crippen LogP contribution in [0.2, 0.25) is 0 Å². The molecule has 0 aromatic heterocycles. The average molecular weight is 255 g/mol. The summed E-state index contributed by atoms with van der Waals surface area (Å²) in [6.45, 7) is 6.27. The molecule has 0 aromatic carbocycles. The fourth-order valence-electron chi connectivity index (χ4n) is 2.78. The summed E-state index contributed by atoms with van der Waals surface area (Å²) in [6, 6.07) is 0.169. The second-order valence-electron chi connectivity index (χ2n) is 5.94. The van der Waals surface area contributed by atoms with Crippen molar-refractivity contribution < 1.29 is 14.7 Å². The first-order valence-electron chi connectivity index (χ1n) is 6.93. The van der Waals surface area contributed by atoms with Gasteiger partial charge in [0, 0.05) is 12.0 Å². The minimum absolute atomic E-state index is 0.0362. The Balaban J connectivity index is 2.43. The van der Waals surface area contributed by atoms with Gasteiger partial charge in [0.15, 0.2) is 0 Å². The molecule has 0 saturated heterocycles. The molecule has 18 heavy (non-hydrogen) atoms. The first-order chi connectivity index (χ1) is 8.40. The number of carbonyl (C=O) groups is 2. The zero-order valence-corrected chi connectivity index (χ0v) is 11.6. The van der Waals surface area contributed by atoms with Crippen LogP contribution in [0.25, 0.3) is 0 Å². The van der Waals surface area contributed by atoms with Crippen LogP contribution < -0.4 is 5.32 Å². The molecule has 0 spiro atoms. The predicted octanol–water partition coefficient (Wildman–Crippen LogP) is 2.43. The van der Waals surface area contributed by atoms with Crippen molar-refractivity contribution in [1.82, 2.24) is 5.32 Å². The van der Waals surface area contributed by atoms with Crippen LogP contribution in [0.3, 0.4) is 0 Å². The number of nitrogens with one attached hydrogen (secondary N) is 1. The zero-order chi connectivity index (χ0) is 13.7. The van der Waals surface area contributed by atoms with Crippen LogP contribution in [0.1, 0.15) is 52.9 Å². The van der Waals surface area contributed by atoms with Crippen LogP contribution in [0.5, 0.6) is 0 Å². The van der Waals surface area contributed by atoms with Gasteiger partial charge in [-0.1, -0.05) is 20.3 Å². The number of carboxylic acid groups (broad SMARTS) is 1. The second-order valence-corrected chi connectivity index (χ2v) is 5.94. The Kier molecular flexibility index (Phi) is 5.63. The monoisotopic (exact) mass is 255 g/mol. The molecule has 0 radical (unpaired) electrons. The molecule has 1 rings (SSSR count). The lowest BCUT2D eigenvalue weighted by Crippen LogP contribution is -2.40. The third-order valence-corrected chi connectivity index (χ3v) is 3.61. The van der Waals surface area contributed by atoms with Crippen molar-refractivity contribution in [1.29, 1.82) is 0 Å². The van der Waals surface area contributed by atoms with Crippen molar-refractivity contribution in [2.45, 2.75) is 58.9 Å².